The number of hydrogen-bond donors (Lipinski definition) is 2. The van der Waals surface area contributed by atoms with Gasteiger partial charge >= 0.3 is 5.97 Å². The molecule has 0 heterocycles. The van der Waals surface area contributed by atoms with Gasteiger partial charge in [-0.1, -0.05) is 40.9 Å². The van der Waals surface area contributed by atoms with Crippen molar-refractivity contribution in [2.45, 2.75) is 20.8 Å². The van der Waals surface area contributed by atoms with E-state index in [4.69, 9.17) is 27.9 Å². The first kappa shape index (κ1) is 24.3. The number of methoxy groups -OCH3 is 1. The third kappa shape index (κ3) is 5.53. The summed E-state index contributed by atoms with van der Waals surface area (Å²) in [6.07, 6.45) is 0. The van der Waals surface area contributed by atoms with Crippen molar-refractivity contribution in [1.82, 2.24) is 0 Å². The lowest BCUT2D eigenvalue weighted by atomic mass is 9.99. The zero-order chi connectivity index (χ0) is 24.3. The lowest BCUT2D eigenvalue weighted by Crippen LogP contribution is -2.19. The first-order valence-corrected chi connectivity index (χ1v) is 10.7. The smallest absolute Gasteiger partial charge is 0.339 e. The average molecular weight is 485 g/mol. The second kappa shape index (κ2) is 10.1. The lowest BCUT2D eigenvalue weighted by molar-refractivity contribution is 0.0601. The summed E-state index contributed by atoms with van der Waals surface area (Å²) >= 11 is 12.1. The number of ether oxygens (including phenoxy) is 1. The number of benzene rings is 3. The Hall–Kier alpha value is -3.35. The van der Waals surface area contributed by atoms with Crippen LogP contribution in [-0.2, 0) is 4.74 Å². The topological polar surface area (TPSA) is 84.5 Å². The van der Waals surface area contributed by atoms with E-state index in [9.17, 15) is 14.4 Å². The molecule has 6 nitrogen and oxygen atoms in total. The predicted molar refractivity (Wildman–Crippen MR) is 131 cm³/mol. The summed E-state index contributed by atoms with van der Waals surface area (Å²) in [6.45, 7) is 5.63. The summed E-state index contributed by atoms with van der Waals surface area (Å²) in [4.78, 5) is 38.2. The molecule has 0 aliphatic carbocycles. The third-order valence-corrected chi connectivity index (χ3v) is 5.58. The molecule has 170 valence electrons. The number of amides is 2. The van der Waals surface area contributed by atoms with E-state index >= 15 is 0 Å². The zero-order valence-corrected chi connectivity index (χ0v) is 20.0. The molecule has 0 spiro atoms. The number of esters is 1. The summed E-state index contributed by atoms with van der Waals surface area (Å²) in [5.74, 6) is -1.54. The van der Waals surface area contributed by atoms with E-state index in [1.54, 1.807) is 12.1 Å². The van der Waals surface area contributed by atoms with E-state index < -0.39 is 17.8 Å². The maximum absolute atomic E-state index is 13.1. The Bertz CT molecular complexity index is 1250. The molecule has 3 aromatic rings. The number of rotatable bonds is 5. The van der Waals surface area contributed by atoms with Crippen molar-refractivity contribution in [2.75, 3.05) is 17.7 Å². The van der Waals surface area contributed by atoms with E-state index in [1.165, 1.54) is 31.4 Å². The number of carbonyl (C=O) groups is 3. The maximum Gasteiger partial charge on any atom is 0.339 e. The van der Waals surface area contributed by atoms with Crippen LogP contribution < -0.4 is 10.6 Å². The Labute approximate surface area is 201 Å². The Morgan fingerprint density at radius 3 is 2.06 bits per heavy atom. The van der Waals surface area contributed by atoms with Crippen LogP contribution in [-0.4, -0.2) is 24.9 Å². The minimum atomic E-state index is -0.646. The highest BCUT2D eigenvalue weighted by atomic mass is 35.5. The van der Waals surface area contributed by atoms with Crippen molar-refractivity contribution >= 4 is 52.4 Å². The van der Waals surface area contributed by atoms with Crippen molar-refractivity contribution in [1.29, 1.82) is 0 Å². The fraction of sp³-hybridized carbons (Fsp3) is 0.160. The normalized spacial score (nSPS) is 10.5. The quantitative estimate of drug-likeness (QED) is 0.421. The molecule has 0 radical (unpaired) electrons. The summed E-state index contributed by atoms with van der Waals surface area (Å²) in [5.41, 5.74) is 3.94. The molecule has 8 heteroatoms. The Morgan fingerprint density at radius 2 is 1.42 bits per heavy atom. The van der Waals surface area contributed by atoms with E-state index in [1.807, 2.05) is 32.9 Å². The lowest BCUT2D eigenvalue weighted by Gasteiger charge is -2.15. The molecular formula is C25H22Cl2N2O4. The molecule has 0 aliphatic heterocycles. The fourth-order valence-corrected chi connectivity index (χ4v) is 3.92. The fourth-order valence-electron chi connectivity index (χ4n) is 3.59. The van der Waals surface area contributed by atoms with Gasteiger partial charge in [0.15, 0.2) is 0 Å². The summed E-state index contributed by atoms with van der Waals surface area (Å²) in [7, 11) is 1.24. The second-order valence-corrected chi connectivity index (χ2v) is 8.40. The summed E-state index contributed by atoms with van der Waals surface area (Å²) < 4.78 is 4.83. The summed E-state index contributed by atoms with van der Waals surface area (Å²) in [6, 6.07) is 12.8. The van der Waals surface area contributed by atoms with Crippen LogP contribution in [0.15, 0.2) is 48.5 Å². The van der Waals surface area contributed by atoms with E-state index in [0.717, 1.165) is 16.7 Å². The highest BCUT2D eigenvalue weighted by Gasteiger charge is 2.20. The molecule has 0 bridgehead atoms. The summed E-state index contributed by atoms with van der Waals surface area (Å²) in [5, 5.41) is 6.17. The van der Waals surface area contributed by atoms with Crippen LogP contribution in [0.5, 0.6) is 0 Å². The molecule has 2 N–H and O–H groups in total. The van der Waals surface area contributed by atoms with Crippen molar-refractivity contribution < 1.29 is 19.1 Å². The van der Waals surface area contributed by atoms with Gasteiger partial charge in [0.2, 0.25) is 0 Å². The monoisotopic (exact) mass is 484 g/mol. The van der Waals surface area contributed by atoms with Gasteiger partial charge in [0.05, 0.1) is 29.1 Å². The van der Waals surface area contributed by atoms with Gasteiger partial charge in [-0.3, -0.25) is 9.59 Å². The van der Waals surface area contributed by atoms with Gasteiger partial charge < -0.3 is 15.4 Å². The van der Waals surface area contributed by atoms with E-state index in [-0.39, 0.29) is 16.8 Å². The van der Waals surface area contributed by atoms with Crippen LogP contribution in [0.1, 0.15) is 47.8 Å². The van der Waals surface area contributed by atoms with Crippen molar-refractivity contribution in [3.8, 4) is 0 Å². The van der Waals surface area contributed by atoms with Crippen molar-refractivity contribution in [2.24, 2.45) is 0 Å². The van der Waals surface area contributed by atoms with E-state index in [0.29, 0.717) is 21.3 Å². The second-order valence-electron chi connectivity index (χ2n) is 7.56. The molecule has 0 unspecified atom stereocenters. The minimum Gasteiger partial charge on any atom is -0.465 e. The van der Waals surface area contributed by atoms with Crippen LogP contribution in [0.3, 0.4) is 0 Å². The average Bonchev–Trinajstić information content (AvgIpc) is 2.75. The Kier molecular flexibility index (Phi) is 7.41. The van der Waals surface area contributed by atoms with Crippen molar-refractivity contribution in [3.63, 3.8) is 0 Å². The van der Waals surface area contributed by atoms with Crippen LogP contribution in [0.2, 0.25) is 10.0 Å². The largest absolute Gasteiger partial charge is 0.465 e. The highest BCUT2D eigenvalue weighted by molar-refractivity contribution is 6.36. The zero-order valence-electron chi connectivity index (χ0n) is 18.5. The van der Waals surface area contributed by atoms with Gasteiger partial charge in [-0.15, -0.1) is 0 Å². The number of carbonyl (C=O) groups excluding carboxylic acids is 3. The van der Waals surface area contributed by atoms with Crippen LogP contribution >= 0.6 is 23.2 Å². The molecular weight excluding hydrogens is 463 g/mol. The third-order valence-electron chi connectivity index (χ3n) is 5.02. The van der Waals surface area contributed by atoms with Gasteiger partial charge in [-0.05, 0) is 68.3 Å². The molecule has 0 saturated carbocycles. The molecule has 0 aromatic heterocycles. The molecule has 0 saturated heterocycles. The number of anilines is 2. The standard InChI is InChI=1S/C25H22Cl2N2O4/c1-13-9-14(2)22(15(3)10-13)24(31)28-20-11-16(5-7-18(20)25(32)33-4)23(30)29-21-12-17(26)6-8-19(21)27/h5-12H,1-4H3,(H,28,31)(H,29,30). The van der Waals surface area contributed by atoms with Crippen LogP contribution in [0, 0.1) is 20.8 Å². The van der Waals surface area contributed by atoms with Gasteiger partial charge in [-0.25, -0.2) is 4.79 Å². The maximum atomic E-state index is 13.1. The molecule has 3 rings (SSSR count). The molecule has 2 amide bonds. The highest BCUT2D eigenvalue weighted by Crippen LogP contribution is 2.27. The van der Waals surface area contributed by atoms with Gasteiger partial charge in [0.25, 0.3) is 11.8 Å². The first-order valence-electron chi connectivity index (χ1n) is 9.98. The Balaban J connectivity index is 1.97. The molecule has 0 atom stereocenters. The van der Waals surface area contributed by atoms with Crippen molar-refractivity contribution in [3.05, 3.63) is 92.0 Å². The van der Waals surface area contributed by atoms with Gasteiger partial charge in [-0.2, -0.15) is 0 Å². The SMILES string of the molecule is COC(=O)c1ccc(C(=O)Nc2cc(Cl)ccc2Cl)cc1NC(=O)c1c(C)cc(C)cc1C. The van der Waals surface area contributed by atoms with E-state index in [2.05, 4.69) is 10.6 Å². The molecule has 33 heavy (non-hydrogen) atoms. The van der Waals surface area contributed by atoms with Gasteiger partial charge in [0, 0.05) is 16.1 Å². The number of nitrogens with one attached hydrogen (secondary N) is 2. The predicted octanol–water partition coefficient (Wildman–Crippen LogP) is 6.21. The molecule has 3 aromatic carbocycles. The molecule has 0 fully saturated rings. The van der Waals surface area contributed by atoms with Gasteiger partial charge in [0.1, 0.15) is 0 Å². The van der Waals surface area contributed by atoms with Crippen LogP contribution in [0.4, 0.5) is 11.4 Å². The first-order chi connectivity index (χ1) is 15.6. The van der Waals surface area contributed by atoms with Crippen LogP contribution in [0.25, 0.3) is 0 Å². The number of aryl methyl sites for hydroxylation is 3. The Morgan fingerprint density at radius 1 is 0.788 bits per heavy atom. The number of halogens is 2. The minimum absolute atomic E-state index is 0.116. The number of hydrogen-bond acceptors (Lipinski definition) is 4. The molecule has 0 aliphatic rings.